The Bertz CT molecular complexity index is 862. The van der Waals surface area contributed by atoms with Crippen molar-refractivity contribution < 1.29 is 4.79 Å². The molecule has 2 heterocycles. The molecule has 132 valence electrons. The van der Waals surface area contributed by atoms with E-state index in [0.717, 1.165) is 19.5 Å². The van der Waals surface area contributed by atoms with Gasteiger partial charge in [0.25, 0.3) is 11.5 Å². The number of halogens is 1. The van der Waals surface area contributed by atoms with Crippen LogP contribution < -0.4 is 5.56 Å². The number of aromatic nitrogens is 2. The van der Waals surface area contributed by atoms with Gasteiger partial charge in [-0.3, -0.25) is 9.59 Å². The number of rotatable bonds is 3. The third kappa shape index (κ3) is 3.60. The van der Waals surface area contributed by atoms with Crippen molar-refractivity contribution in [1.29, 1.82) is 0 Å². The molecule has 1 aliphatic heterocycles. The largest absolute Gasteiger partial charge is 0.337 e. The number of carbonyl (C=O) groups excluding carboxylic acids is 1. The number of likely N-dealkylation sites (N-methyl/N-ethyl adjacent to an activating group) is 1. The van der Waals surface area contributed by atoms with E-state index in [-0.39, 0.29) is 16.5 Å². The van der Waals surface area contributed by atoms with E-state index in [1.54, 1.807) is 31.2 Å². The maximum Gasteiger partial charge on any atom is 0.270 e. The van der Waals surface area contributed by atoms with Gasteiger partial charge in [-0.15, -0.1) is 0 Å². The van der Waals surface area contributed by atoms with Crippen molar-refractivity contribution in [3.05, 3.63) is 51.0 Å². The topological polar surface area (TPSA) is 69.3 Å². The third-order valence-electron chi connectivity index (χ3n) is 4.55. The standard InChI is InChI=1S/C18H21ClN4O2/c1-11-20-16(15(19)17(24)21-11)12-5-4-6-13(9-12)18(25)23-8-7-14(10-23)22(2)3/h4-6,9,14H,7-8,10H2,1-3H3,(H,20,21,24)/t14-/m1/s1. The summed E-state index contributed by atoms with van der Waals surface area (Å²) in [4.78, 5) is 35.6. The second-order valence-corrected chi connectivity index (χ2v) is 6.93. The molecule has 1 aliphatic rings. The molecule has 0 bridgehead atoms. The number of aryl methyl sites for hydroxylation is 1. The summed E-state index contributed by atoms with van der Waals surface area (Å²) in [5.41, 5.74) is 1.25. The van der Waals surface area contributed by atoms with Crippen LogP contribution in [-0.2, 0) is 0 Å². The summed E-state index contributed by atoms with van der Waals surface area (Å²) in [6, 6.07) is 7.51. The molecule has 1 N–H and O–H groups in total. The highest BCUT2D eigenvalue weighted by molar-refractivity contribution is 6.32. The van der Waals surface area contributed by atoms with E-state index < -0.39 is 0 Å². The van der Waals surface area contributed by atoms with Crippen LogP contribution in [0.4, 0.5) is 0 Å². The average molecular weight is 361 g/mol. The van der Waals surface area contributed by atoms with E-state index >= 15 is 0 Å². The summed E-state index contributed by atoms with van der Waals surface area (Å²) in [6.07, 6.45) is 0.971. The van der Waals surface area contributed by atoms with E-state index in [1.807, 2.05) is 19.0 Å². The molecule has 25 heavy (non-hydrogen) atoms. The number of benzene rings is 1. The van der Waals surface area contributed by atoms with Gasteiger partial charge in [0.15, 0.2) is 0 Å². The first-order valence-corrected chi connectivity index (χ1v) is 8.57. The van der Waals surface area contributed by atoms with Crippen molar-refractivity contribution in [3.8, 4) is 11.3 Å². The first kappa shape index (κ1) is 17.6. The van der Waals surface area contributed by atoms with Gasteiger partial charge in [-0.2, -0.15) is 0 Å². The highest BCUT2D eigenvalue weighted by Crippen LogP contribution is 2.25. The van der Waals surface area contributed by atoms with Crippen LogP contribution in [0.2, 0.25) is 5.02 Å². The second kappa shape index (κ2) is 6.98. The fraction of sp³-hybridized carbons (Fsp3) is 0.389. The molecule has 0 spiro atoms. The number of likely N-dealkylation sites (tertiary alicyclic amines) is 1. The van der Waals surface area contributed by atoms with Crippen LogP contribution in [0.5, 0.6) is 0 Å². The lowest BCUT2D eigenvalue weighted by atomic mass is 10.1. The quantitative estimate of drug-likeness (QED) is 0.910. The number of carbonyl (C=O) groups is 1. The SMILES string of the molecule is Cc1nc(-c2cccc(C(=O)N3CC[C@@H](N(C)C)C3)c2)c(Cl)c(=O)[nH]1. The molecule has 1 aromatic heterocycles. The second-order valence-electron chi connectivity index (χ2n) is 6.55. The Labute approximate surface area is 151 Å². The number of nitrogens with one attached hydrogen (secondary N) is 1. The van der Waals surface area contributed by atoms with Gasteiger partial charge in [0.2, 0.25) is 0 Å². The molecule has 2 aromatic rings. The highest BCUT2D eigenvalue weighted by atomic mass is 35.5. The Balaban J connectivity index is 1.90. The normalized spacial score (nSPS) is 17.3. The Morgan fingerprint density at radius 3 is 2.84 bits per heavy atom. The smallest absolute Gasteiger partial charge is 0.270 e. The lowest BCUT2D eigenvalue weighted by Crippen LogP contribution is -2.34. The number of hydrogen-bond acceptors (Lipinski definition) is 4. The molecule has 0 radical (unpaired) electrons. The zero-order chi connectivity index (χ0) is 18.1. The number of H-pyrrole nitrogens is 1. The highest BCUT2D eigenvalue weighted by Gasteiger charge is 2.28. The van der Waals surface area contributed by atoms with Gasteiger partial charge in [0.05, 0.1) is 5.69 Å². The molecule has 0 aliphatic carbocycles. The minimum Gasteiger partial charge on any atom is -0.337 e. The molecule has 7 heteroatoms. The van der Waals surface area contributed by atoms with Crippen molar-refractivity contribution in [1.82, 2.24) is 19.8 Å². The maximum atomic E-state index is 12.8. The van der Waals surface area contributed by atoms with Crippen LogP contribution >= 0.6 is 11.6 Å². The van der Waals surface area contributed by atoms with Crippen LogP contribution in [0.1, 0.15) is 22.6 Å². The number of aromatic amines is 1. The first-order chi connectivity index (χ1) is 11.9. The first-order valence-electron chi connectivity index (χ1n) is 8.19. The maximum absolute atomic E-state index is 12.8. The van der Waals surface area contributed by atoms with Crippen molar-refractivity contribution in [2.75, 3.05) is 27.2 Å². The fourth-order valence-electron chi connectivity index (χ4n) is 3.09. The van der Waals surface area contributed by atoms with Gasteiger partial charge in [0, 0.05) is 30.3 Å². The van der Waals surface area contributed by atoms with E-state index in [1.165, 1.54) is 0 Å². The molecule has 0 saturated carbocycles. The summed E-state index contributed by atoms with van der Waals surface area (Å²) in [5, 5.41) is 0.0315. The summed E-state index contributed by atoms with van der Waals surface area (Å²) >= 11 is 6.11. The Morgan fingerprint density at radius 2 is 2.16 bits per heavy atom. The summed E-state index contributed by atoms with van der Waals surface area (Å²) in [5.74, 6) is 0.471. The molecule has 1 fully saturated rings. The van der Waals surface area contributed by atoms with E-state index in [4.69, 9.17) is 11.6 Å². The number of nitrogens with zero attached hydrogens (tertiary/aromatic N) is 3. The average Bonchev–Trinajstić information content (AvgIpc) is 3.08. The van der Waals surface area contributed by atoms with E-state index in [9.17, 15) is 9.59 Å². The molecule has 6 nitrogen and oxygen atoms in total. The third-order valence-corrected chi connectivity index (χ3v) is 4.90. The van der Waals surface area contributed by atoms with Crippen molar-refractivity contribution in [3.63, 3.8) is 0 Å². The van der Waals surface area contributed by atoms with Gasteiger partial charge >= 0.3 is 0 Å². The van der Waals surface area contributed by atoms with Crippen molar-refractivity contribution in [2.45, 2.75) is 19.4 Å². The Hall–Kier alpha value is -2.18. The zero-order valence-corrected chi connectivity index (χ0v) is 15.3. The molecule has 1 aromatic carbocycles. The molecule has 1 saturated heterocycles. The summed E-state index contributed by atoms with van der Waals surface area (Å²) in [7, 11) is 4.06. The van der Waals surface area contributed by atoms with Crippen LogP contribution in [0.15, 0.2) is 29.1 Å². The monoisotopic (exact) mass is 360 g/mol. The van der Waals surface area contributed by atoms with Gasteiger partial charge in [-0.25, -0.2) is 4.98 Å². The molecule has 1 amide bonds. The van der Waals surface area contributed by atoms with Crippen molar-refractivity contribution in [2.24, 2.45) is 0 Å². The van der Waals surface area contributed by atoms with Crippen LogP contribution in [0.3, 0.4) is 0 Å². The number of amides is 1. The minimum absolute atomic E-state index is 0.0103. The van der Waals surface area contributed by atoms with E-state index in [2.05, 4.69) is 14.9 Å². The molecule has 1 atom stereocenters. The van der Waals surface area contributed by atoms with E-state index in [0.29, 0.717) is 28.7 Å². The van der Waals surface area contributed by atoms with Crippen molar-refractivity contribution >= 4 is 17.5 Å². The molecular weight excluding hydrogens is 340 g/mol. The van der Waals surface area contributed by atoms with Crippen LogP contribution in [-0.4, -0.2) is 58.9 Å². The zero-order valence-electron chi connectivity index (χ0n) is 14.5. The molecule has 3 rings (SSSR count). The molecule has 0 unspecified atom stereocenters. The van der Waals surface area contributed by atoms with Gasteiger partial charge in [0.1, 0.15) is 10.8 Å². The summed E-state index contributed by atoms with van der Waals surface area (Å²) < 4.78 is 0. The molecular formula is C18H21ClN4O2. The van der Waals surface area contributed by atoms with Crippen LogP contribution in [0.25, 0.3) is 11.3 Å². The lowest BCUT2D eigenvalue weighted by molar-refractivity contribution is 0.0783. The van der Waals surface area contributed by atoms with Gasteiger partial charge in [-0.05, 0) is 39.6 Å². The predicted octanol–water partition coefficient (Wildman–Crippen LogP) is 2.17. The fourth-order valence-corrected chi connectivity index (χ4v) is 3.29. The van der Waals surface area contributed by atoms with Gasteiger partial charge in [-0.1, -0.05) is 23.7 Å². The Kier molecular flexibility index (Phi) is 4.92. The predicted molar refractivity (Wildman–Crippen MR) is 98.0 cm³/mol. The van der Waals surface area contributed by atoms with Crippen LogP contribution in [0, 0.1) is 6.92 Å². The Morgan fingerprint density at radius 1 is 1.40 bits per heavy atom. The van der Waals surface area contributed by atoms with Gasteiger partial charge < -0.3 is 14.8 Å². The number of hydrogen-bond donors (Lipinski definition) is 1. The lowest BCUT2D eigenvalue weighted by Gasteiger charge is -2.20. The minimum atomic E-state index is -0.380. The summed E-state index contributed by atoms with van der Waals surface area (Å²) in [6.45, 7) is 3.16.